The monoisotopic (exact) mass is 366 g/mol. The van der Waals surface area contributed by atoms with Crippen LogP contribution in [-0.2, 0) is 0 Å². The summed E-state index contributed by atoms with van der Waals surface area (Å²) in [4.78, 5) is 6.99. The smallest absolute Gasteiger partial charge is 0.253 e. The van der Waals surface area contributed by atoms with Crippen molar-refractivity contribution in [3.8, 4) is 22.8 Å². The maximum Gasteiger partial charge on any atom is 0.253 e. The van der Waals surface area contributed by atoms with Crippen molar-refractivity contribution < 1.29 is 19.0 Å². The second-order valence-corrected chi connectivity index (χ2v) is 6.33. The Balaban J connectivity index is 1.74. The van der Waals surface area contributed by atoms with Crippen molar-refractivity contribution in [2.75, 3.05) is 25.8 Å². The Bertz CT molecular complexity index is 1010. The molecular formula is C19H18N4O4. The summed E-state index contributed by atoms with van der Waals surface area (Å²) in [7, 11) is 3.98. The zero-order valence-corrected chi connectivity index (χ0v) is 15.2. The van der Waals surface area contributed by atoms with E-state index < -0.39 is 0 Å². The van der Waals surface area contributed by atoms with Gasteiger partial charge in [-0.15, -0.1) is 0 Å². The molecule has 0 bridgehead atoms. The van der Waals surface area contributed by atoms with Crippen molar-refractivity contribution in [3.05, 3.63) is 52.9 Å². The quantitative estimate of drug-likeness (QED) is 0.521. The molecule has 0 saturated carbocycles. The van der Waals surface area contributed by atoms with Gasteiger partial charge in [-0.05, 0) is 28.7 Å². The average molecular weight is 366 g/mol. The van der Waals surface area contributed by atoms with Gasteiger partial charge in [0, 0.05) is 44.1 Å². The maximum absolute atomic E-state index is 11.6. The topological polar surface area (TPSA) is 87.0 Å². The van der Waals surface area contributed by atoms with Crippen molar-refractivity contribution in [2.24, 2.45) is 4.99 Å². The molecule has 2 aromatic carbocycles. The van der Waals surface area contributed by atoms with E-state index in [1.807, 2.05) is 43.3 Å². The Morgan fingerprint density at radius 2 is 1.85 bits per heavy atom. The molecule has 4 rings (SSSR count). The average Bonchev–Trinajstić information content (AvgIpc) is 3.26. The van der Waals surface area contributed by atoms with Gasteiger partial charge in [-0.1, -0.05) is 12.1 Å². The van der Waals surface area contributed by atoms with Gasteiger partial charge in [0.25, 0.3) is 5.69 Å². The fourth-order valence-corrected chi connectivity index (χ4v) is 2.77. The molecule has 0 spiro atoms. The van der Waals surface area contributed by atoms with Gasteiger partial charge in [-0.2, -0.15) is 0 Å². The van der Waals surface area contributed by atoms with Crippen LogP contribution in [0.2, 0.25) is 0 Å². The standard InChI is InChI=1S/C19H18N4O4/c1-12-19(21-27-23(12)24)15-8-17-18(26-11-25-17)9-16(15)20-10-13-4-6-14(7-5-13)22(2)3/h4-10H,11H2,1-3H3. The number of aliphatic imine (C=N–C) groups is 1. The first kappa shape index (κ1) is 16.9. The third kappa shape index (κ3) is 3.17. The zero-order valence-electron chi connectivity index (χ0n) is 15.2. The van der Waals surface area contributed by atoms with Crippen molar-refractivity contribution in [1.29, 1.82) is 0 Å². The number of rotatable bonds is 4. The van der Waals surface area contributed by atoms with E-state index in [1.165, 1.54) is 0 Å². The van der Waals surface area contributed by atoms with Gasteiger partial charge in [-0.3, -0.25) is 9.62 Å². The molecule has 0 unspecified atom stereocenters. The summed E-state index contributed by atoms with van der Waals surface area (Å²) in [5.74, 6) is 1.18. The Kier molecular flexibility index (Phi) is 4.15. The van der Waals surface area contributed by atoms with Crippen LogP contribution in [0.4, 0.5) is 11.4 Å². The van der Waals surface area contributed by atoms with Gasteiger partial charge < -0.3 is 19.6 Å². The van der Waals surface area contributed by atoms with Crippen LogP contribution in [0.25, 0.3) is 11.3 Å². The second-order valence-electron chi connectivity index (χ2n) is 6.33. The van der Waals surface area contributed by atoms with E-state index in [-0.39, 0.29) is 6.79 Å². The normalized spacial score (nSPS) is 12.7. The van der Waals surface area contributed by atoms with Gasteiger partial charge in [0.15, 0.2) is 11.5 Å². The number of hydrogen-bond donors (Lipinski definition) is 0. The van der Waals surface area contributed by atoms with Crippen molar-refractivity contribution >= 4 is 17.6 Å². The third-order valence-electron chi connectivity index (χ3n) is 4.33. The van der Waals surface area contributed by atoms with Crippen LogP contribution >= 0.6 is 0 Å². The molecule has 8 nitrogen and oxygen atoms in total. The van der Waals surface area contributed by atoms with Gasteiger partial charge in [0.2, 0.25) is 12.5 Å². The van der Waals surface area contributed by atoms with E-state index in [1.54, 1.807) is 25.3 Å². The molecule has 1 aliphatic rings. The van der Waals surface area contributed by atoms with E-state index in [9.17, 15) is 5.21 Å². The molecule has 2 heterocycles. The van der Waals surface area contributed by atoms with Crippen LogP contribution in [0, 0.1) is 12.1 Å². The Hall–Kier alpha value is -3.55. The Morgan fingerprint density at radius 1 is 1.15 bits per heavy atom. The van der Waals surface area contributed by atoms with Crippen LogP contribution in [0.15, 0.2) is 46.0 Å². The predicted molar refractivity (Wildman–Crippen MR) is 99.8 cm³/mol. The maximum atomic E-state index is 11.6. The number of nitrogens with zero attached hydrogens (tertiary/aromatic N) is 4. The van der Waals surface area contributed by atoms with Crippen LogP contribution < -0.4 is 19.3 Å². The highest BCUT2D eigenvalue weighted by Gasteiger charge is 2.24. The highest BCUT2D eigenvalue weighted by Crippen LogP contribution is 2.42. The SMILES string of the molecule is Cc1c(-c2cc3c(cc2N=Cc2ccc(N(C)C)cc2)OCO3)no[n+]1[O-]. The zero-order chi connectivity index (χ0) is 19.0. The molecule has 8 heteroatoms. The minimum absolute atomic E-state index is 0.146. The van der Waals surface area contributed by atoms with Crippen molar-refractivity contribution in [1.82, 2.24) is 5.16 Å². The predicted octanol–water partition coefficient (Wildman–Crippen LogP) is 2.83. The molecule has 1 aliphatic heterocycles. The van der Waals surface area contributed by atoms with Gasteiger partial charge in [0.1, 0.15) is 0 Å². The molecule has 0 radical (unpaired) electrons. The summed E-state index contributed by atoms with van der Waals surface area (Å²) in [6.45, 7) is 1.78. The molecule has 138 valence electrons. The molecule has 0 saturated heterocycles. The van der Waals surface area contributed by atoms with Gasteiger partial charge >= 0.3 is 0 Å². The molecular weight excluding hydrogens is 348 g/mol. The molecule has 0 aliphatic carbocycles. The second kappa shape index (κ2) is 6.64. The fourth-order valence-electron chi connectivity index (χ4n) is 2.77. The fraction of sp³-hybridized carbons (Fsp3) is 0.211. The molecule has 0 atom stereocenters. The number of benzene rings is 2. The highest BCUT2D eigenvalue weighted by molar-refractivity contribution is 5.87. The number of aromatic nitrogens is 2. The summed E-state index contributed by atoms with van der Waals surface area (Å²) < 4.78 is 15.6. The van der Waals surface area contributed by atoms with Crippen LogP contribution in [0.1, 0.15) is 11.3 Å². The van der Waals surface area contributed by atoms with Crippen LogP contribution in [0.5, 0.6) is 11.5 Å². The van der Waals surface area contributed by atoms with Crippen molar-refractivity contribution in [3.63, 3.8) is 0 Å². The highest BCUT2D eigenvalue weighted by atomic mass is 16.8. The first-order valence-corrected chi connectivity index (χ1v) is 8.35. The van der Waals surface area contributed by atoms with Gasteiger partial charge in [0.05, 0.1) is 11.3 Å². The first-order valence-electron chi connectivity index (χ1n) is 8.35. The lowest BCUT2D eigenvalue weighted by Gasteiger charge is -2.11. The van der Waals surface area contributed by atoms with E-state index >= 15 is 0 Å². The third-order valence-corrected chi connectivity index (χ3v) is 4.33. The largest absolute Gasteiger partial charge is 0.454 e. The summed E-state index contributed by atoms with van der Waals surface area (Å²) in [5.41, 5.74) is 4.05. The Labute approximate surface area is 155 Å². The lowest BCUT2D eigenvalue weighted by molar-refractivity contribution is -0.806. The van der Waals surface area contributed by atoms with E-state index in [0.717, 1.165) is 11.3 Å². The first-order chi connectivity index (χ1) is 13.0. The molecule has 1 aromatic heterocycles. The lowest BCUT2D eigenvalue weighted by Crippen LogP contribution is -2.25. The summed E-state index contributed by atoms with van der Waals surface area (Å²) in [5, 5.41) is 15.5. The Morgan fingerprint density at radius 3 is 2.48 bits per heavy atom. The van der Waals surface area contributed by atoms with Crippen molar-refractivity contribution in [2.45, 2.75) is 6.92 Å². The summed E-state index contributed by atoms with van der Waals surface area (Å²) in [6, 6.07) is 11.5. The van der Waals surface area contributed by atoms with Gasteiger partial charge in [-0.25, -0.2) is 0 Å². The van der Waals surface area contributed by atoms with E-state index in [4.69, 9.17) is 14.1 Å². The number of ether oxygens (including phenoxy) is 2. The molecule has 0 N–H and O–H groups in total. The molecule has 0 amide bonds. The number of anilines is 1. The number of fused-ring (bicyclic) bond motifs is 1. The minimum atomic E-state index is 0.146. The minimum Gasteiger partial charge on any atom is -0.454 e. The number of hydrogen-bond acceptors (Lipinski definition) is 7. The molecule has 0 fully saturated rings. The van der Waals surface area contributed by atoms with E-state index in [0.29, 0.717) is 39.0 Å². The summed E-state index contributed by atoms with van der Waals surface area (Å²) in [6.07, 6.45) is 1.75. The summed E-state index contributed by atoms with van der Waals surface area (Å²) >= 11 is 0. The van der Waals surface area contributed by atoms with Crippen LogP contribution in [-0.4, -0.2) is 32.3 Å². The lowest BCUT2D eigenvalue weighted by atomic mass is 10.1. The van der Waals surface area contributed by atoms with Crippen LogP contribution in [0.3, 0.4) is 0 Å². The van der Waals surface area contributed by atoms with E-state index in [2.05, 4.69) is 10.1 Å². The molecule has 27 heavy (non-hydrogen) atoms. The molecule has 3 aromatic rings.